The van der Waals surface area contributed by atoms with E-state index in [4.69, 9.17) is 9.72 Å². The van der Waals surface area contributed by atoms with E-state index in [9.17, 15) is 9.59 Å². The highest BCUT2D eigenvalue weighted by molar-refractivity contribution is 5.97. The minimum atomic E-state index is -0.299. The molecule has 0 saturated carbocycles. The third-order valence-electron chi connectivity index (χ3n) is 5.17. The summed E-state index contributed by atoms with van der Waals surface area (Å²) in [6, 6.07) is 15.6. The molecule has 0 N–H and O–H groups in total. The Hall–Kier alpha value is -3.15. The molecule has 6 heteroatoms. The lowest BCUT2D eigenvalue weighted by molar-refractivity contribution is -0.143. The summed E-state index contributed by atoms with van der Waals surface area (Å²) in [6.45, 7) is 4.78. The molecule has 1 aromatic heterocycles. The summed E-state index contributed by atoms with van der Waals surface area (Å²) in [5.74, 6) is 0.466. The lowest BCUT2D eigenvalue weighted by Crippen LogP contribution is -2.25. The smallest absolute Gasteiger partial charge is 0.326 e. The molecule has 1 aliphatic rings. The molecule has 0 spiro atoms. The summed E-state index contributed by atoms with van der Waals surface area (Å²) in [5, 5.41) is 0. The van der Waals surface area contributed by atoms with Gasteiger partial charge >= 0.3 is 5.97 Å². The summed E-state index contributed by atoms with van der Waals surface area (Å²) >= 11 is 0. The van der Waals surface area contributed by atoms with Gasteiger partial charge in [0.05, 0.1) is 17.6 Å². The standard InChI is InChI=1S/C22H23N3O3/c1-3-28-21(27)14-25-19-11-7-5-9-17(19)23-22(25)16-12-20(26)24(13-16)18-10-6-4-8-15(18)2/h4-11,16H,3,12-14H2,1-2H3/t16-/m1/s1. The Morgan fingerprint density at radius 1 is 1.18 bits per heavy atom. The van der Waals surface area contributed by atoms with E-state index in [0.29, 0.717) is 19.6 Å². The SMILES string of the molecule is CCOC(=O)Cn1c([C@@H]2CC(=O)N(c3ccccc3C)C2)nc2ccccc21. The number of hydrogen-bond acceptors (Lipinski definition) is 4. The molecule has 0 aliphatic carbocycles. The van der Waals surface area contributed by atoms with Gasteiger partial charge in [0.25, 0.3) is 0 Å². The van der Waals surface area contributed by atoms with Crippen LogP contribution in [-0.4, -0.2) is 34.6 Å². The number of anilines is 1. The molecule has 1 amide bonds. The minimum absolute atomic E-state index is 0.0751. The fraction of sp³-hybridized carbons (Fsp3) is 0.318. The molecule has 1 saturated heterocycles. The van der Waals surface area contributed by atoms with Gasteiger partial charge in [0.2, 0.25) is 5.91 Å². The van der Waals surface area contributed by atoms with Gasteiger partial charge in [0.1, 0.15) is 12.4 Å². The van der Waals surface area contributed by atoms with Crippen molar-refractivity contribution in [1.29, 1.82) is 0 Å². The van der Waals surface area contributed by atoms with Crippen LogP contribution in [0.3, 0.4) is 0 Å². The van der Waals surface area contributed by atoms with Crippen molar-refractivity contribution in [1.82, 2.24) is 9.55 Å². The molecule has 0 bridgehead atoms. The van der Waals surface area contributed by atoms with Gasteiger partial charge in [-0.2, -0.15) is 0 Å². The van der Waals surface area contributed by atoms with Crippen LogP contribution in [0.1, 0.15) is 30.7 Å². The van der Waals surface area contributed by atoms with Crippen molar-refractivity contribution in [3.05, 3.63) is 59.9 Å². The lowest BCUT2D eigenvalue weighted by Gasteiger charge is -2.19. The quantitative estimate of drug-likeness (QED) is 0.639. The summed E-state index contributed by atoms with van der Waals surface area (Å²) < 4.78 is 7.04. The van der Waals surface area contributed by atoms with Gasteiger partial charge in [-0.05, 0) is 37.6 Å². The van der Waals surface area contributed by atoms with Crippen LogP contribution in [0.15, 0.2) is 48.5 Å². The van der Waals surface area contributed by atoms with Gasteiger partial charge in [-0.25, -0.2) is 4.98 Å². The number of amides is 1. The number of benzene rings is 2. The average Bonchev–Trinajstić information content (AvgIpc) is 3.23. The fourth-order valence-corrected chi connectivity index (χ4v) is 3.89. The van der Waals surface area contributed by atoms with Crippen LogP contribution in [-0.2, 0) is 20.9 Å². The third-order valence-corrected chi connectivity index (χ3v) is 5.17. The van der Waals surface area contributed by atoms with Crippen molar-refractivity contribution in [2.75, 3.05) is 18.1 Å². The Balaban J connectivity index is 1.70. The monoisotopic (exact) mass is 377 g/mol. The minimum Gasteiger partial charge on any atom is -0.465 e. The topological polar surface area (TPSA) is 64.4 Å². The first-order valence-corrected chi connectivity index (χ1v) is 9.55. The number of hydrogen-bond donors (Lipinski definition) is 0. The largest absolute Gasteiger partial charge is 0.465 e. The first-order chi connectivity index (χ1) is 13.6. The fourth-order valence-electron chi connectivity index (χ4n) is 3.89. The van der Waals surface area contributed by atoms with E-state index in [1.54, 1.807) is 6.92 Å². The average molecular weight is 377 g/mol. The molecule has 6 nitrogen and oxygen atoms in total. The van der Waals surface area contributed by atoms with Crippen molar-refractivity contribution in [2.24, 2.45) is 0 Å². The molecule has 28 heavy (non-hydrogen) atoms. The second-order valence-electron chi connectivity index (χ2n) is 7.04. The number of esters is 1. The van der Waals surface area contributed by atoms with Crippen molar-refractivity contribution in [3.63, 3.8) is 0 Å². The van der Waals surface area contributed by atoms with Crippen molar-refractivity contribution in [2.45, 2.75) is 32.7 Å². The molecule has 4 rings (SSSR count). The Bertz CT molecular complexity index is 1040. The van der Waals surface area contributed by atoms with E-state index in [1.165, 1.54) is 0 Å². The summed E-state index contributed by atoms with van der Waals surface area (Å²) in [7, 11) is 0. The maximum atomic E-state index is 12.8. The number of carbonyl (C=O) groups is 2. The van der Waals surface area contributed by atoms with Crippen LogP contribution < -0.4 is 4.90 Å². The first kappa shape index (κ1) is 18.2. The van der Waals surface area contributed by atoms with Gasteiger partial charge in [0, 0.05) is 24.6 Å². The zero-order valence-corrected chi connectivity index (χ0v) is 16.1. The highest BCUT2D eigenvalue weighted by atomic mass is 16.5. The first-order valence-electron chi connectivity index (χ1n) is 9.55. The number of imidazole rings is 1. The Morgan fingerprint density at radius 2 is 1.93 bits per heavy atom. The van der Waals surface area contributed by atoms with E-state index in [2.05, 4.69) is 0 Å². The maximum Gasteiger partial charge on any atom is 0.326 e. The lowest BCUT2D eigenvalue weighted by atomic mass is 10.1. The van der Waals surface area contributed by atoms with Gasteiger partial charge in [-0.3, -0.25) is 9.59 Å². The number of carbonyl (C=O) groups excluding carboxylic acids is 2. The second kappa shape index (κ2) is 7.46. The molecule has 1 aliphatic heterocycles. The molecule has 1 atom stereocenters. The predicted octanol–water partition coefficient (Wildman–Crippen LogP) is 3.43. The second-order valence-corrected chi connectivity index (χ2v) is 7.04. The number of para-hydroxylation sites is 3. The highest BCUT2D eigenvalue weighted by Crippen LogP contribution is 2.34. The van der Waals surface area contributed by atoms with E-state index in [0.717, 1.165) is 28.1 Å². The predicted molar refractivity (Wildman–Crippen MR) is 107 cm³/mol. The molecular formula is C22H23N3O3. The number of fused-ring (bicyclic) bond motifs is 1. The van der Waals surface area contributed by atoms with Crippen molar-refractivity contribution in [3.8, 4) is 0 Å². The zero-order valence-electron chi connectivity index (χ0n) is 16.1. The molecule has 144 valence electrons. The van der Waals surface area contributed by atoms with Crippen molar-refractivity contribution >= 4 is 28.6 Å². The number of aryl methyl sites for hydroxylation is 1. The van der Waals surface area contributed by atoms with Crippen LogP contribution >= 0.6 is 0 Å². The molecule has 3 aromatic rings. The zero-order chi connectivity index (χ0) is 19.7. The summed E-state index contributed by atoms with van der Waals surface area (Å²) in [5.41, 5.74) is 3.70. The highest BCUT2D eigenvalue weighted by Gasteiger charge is 2.35. The Morgan fingerprint density at radius 3 is 2.71 bits per heavy atom. The molecule has 0 radical (unpaired) electrons. The van der Waals surface area contributed by atoms with Gasteiger partial charge < -0.3 is 14.2 Å². The molecule has 1 fully saturated rings. The van der Waals surface area contributed by atoms with E-state index in [-0.39, 0.29) is 24.3 Å². The van der Waals surface area contributed by atoms with Gasteiger partial charge in [0.15, 0.2) is 0 Å². The number of aromatic nitrogens is 2. The van der Waals surface area contributed by atoms with Crippen molar-refractivity contribution < 1.29 is 14.3 Å². The molecule has 2 aromatic carbocycles. The van der Waals surface area contributed by atoms with Crippen LogP contribution in [0, 0.1) is 6.92 Å². The van der Waals surface area contributed by atoms with Crippen LogP contribution in [0.2, 0.25) is 0 Å². The molecule has 2 heterocycles. The third kappa shape index (κ3) is 3.26. The van der Waals surface area contributed by atoms with E-state index >= 15 is 0 Å². The van der Waals surface area contributed by atoms with Crippen LogP contribution in [0.25, 0.3) is 11.0 Å². The molecule has 0 unspecified atom stereocenters. The number of nitrogens with zero attached hydrogens (tertiary/aromatic N) is 3. The molecular weight excluding hydrogens is 354 g/mol. The summed E-state index contributed by atoms with van der Waals surface area (Å²) in [6.07, 6.45) is 0.375. The summed E-state index contributed by atoms with van der Waals surface area (Å²) in [4.78, 5) is 31.5. The van der Waals surface area contributed by atoms with Gasteiger partial charge in [-0.15, -0.1) is 0 Å². The Labute approximate surface area is 163 Å². The Kier molecular flexibility index (Phi) is 4.86. The maximum absolute atomic E-state index is 12.8. The number of ether oxygens (including phenoxy) is 1. The van der Waals surface area contributed by atoms with E-state index < -0.39 is 0 Å². The van der Waals surface area contributed by atoms with E-state index in [1.807, 2.05) is 64.9 Å². The number of rotatable bonds is 5. The van der Waals surface area contributed by atoms with Crippen LogP contribution in [0.4, 0.5) is 5.69 Å². The van der Waals surface area contributed by atoms with Gasteiger partial charge in [-0.1, -0.05) is 30.3 Å². The van der Waals surface area contributed by atoms with Crippen LogP contribution in [0.5, 0.6) is 0 Å². The normalized spacial score (nSPS) is 16.7.